The van der Waals surface area contributed by atoms with E-state index in [2.05, 4.69) is 15.3 Å². The van der Waals surface area contributed by atoms with Gasteiger partial charge in [0.15, 0.2) is 5.17 Å². The summed E-state index contributed by atoms with van der Waals surface area (Å²) in [7, 11) is 3.96. The van der Waals surface area contributed by atoms with E-state index in [0.29, 0.717) is 28.7 Å². The Balaban J connectivity index is 1.49. The van der Waals surface area contributed by atoms with Crippen molar-refractivity contribution in [3.63, 3.8) is 0 Å². The summed E-state index contributed by atoms with van der Waals surface area (Å²) in [5.74, 6) is -0.651. The lowest BCUT2D eigenvalue weighted by Crippen LogP contribution is -2.45. The molecule has 4 rings (SSSR count). The normalized spacial score (nSPS) is 23.1. The highest BCUT2D eigenvalue weighted by molar-refractivity contribution is 8.18. The number of rotatable bonds is 3. The number of carbonyl (C=O) groups excluding carboxylic acids is 2. The van der Waals surface area contributed by atoms with Crippen LogP contribution in [0.4, 0.5) is 9.18 Å². The molecule has 0 aliphatic carbocycles. The van der Waals surface area contributed by atoms with Gasteiger partial charge in [0.2, 0.25) is 0 Å². The van der Waals surface area contributed by atoms with Crippen LogP contribution in [0, 0.1) is 5.82 Å². The molecule has 1 N–H and O–H groups in total. The molecule has 1 aromatic carbocycles. The van der Waals surface area contributed by atoms with Gasteiger partial charge < -0.3 is 14.5 Å². The zero-order chi connectivity index (χ0) is 22.0. The van der Waals surface area contributed by atoms with Gasteiger partial charge in [-0.25, -0.2) is 14.6 Å². The number of carbonyl (C=O) groups is 2. The average molecular weight is 448 g/mol. The first-order chi connectivity index (χ1) is 14.9. The maximum absolute atomic E-state index is 13.9. The number of nitrogens with one attached hydrogen (secondary N) is 1. The van der Waals surface area contributed by atoms with Gasteiger partial charge in [-0.05, 0) is 69.4 Å². The number of hydrogen-bond acceptors (Lipinski definition) is 7. The van der Waals surface area contributed by atoms with Crippen molar-refractivity contribution >= 4 is 35.0 Å². The number of hydrazine groups is 1. The van der Waals surface area contributed by atoms with Crippen molar-refractivity contribution in [2.45, 2.75) is 25.3 Å². The third kappa shape index (κ3) is 5.08. The number of amides is 2. The second-order valence-electron chi connectivity index (χ2n) is 7.98. The summed E-state index contributed by atoms with van der Waals surface area (Å²) in [6.07, 6.45) is 4.03. The summed E-state index contributed by atoms with van der Waals surface area (Å²) >= 11 is 1.23. The maximum Gasteiger partial charge on any atom is 0.415 e. The summed E-state index contributed by atoms with van der Waals surface area (Å²) < 4.78 is 19.5. The van der Waals surface area contributed by atoms with Crippen LogP contribution >= 0.6 is 11.8 Å². The van der Waals surface area contributed by atoms with Gasteiger partial charge in [0.05, 0.1) is 4.91 Å². The lowest BCUT2D eigenvalue weighted by molar-refractivity contribution is -0.113. The Bertz CT molecular complexity index is 930. The third-order valence-corrected chi connectivity index (χ3v) is 6.57. The van der Waals surface area contributed by atoms with Crippen molar-refractivity contribution in [3.05, 3.63) is 34.5 Å². The largest absolute Gasteiger partial charge is 0.415 e. The van der Waals surface area contributed by atoms with Gasteiger partial charge in [-0.15, -0.1) is 0 Å². The molecule has 8 nitrogen and oxygen atoms in total. The molecule has 1 atom stereocenters. The van der Waals surface area contributed by atoms with E-state index in [1.54, 1.807) is 4.90 Å². The Morgan fingerprint density at radius 3 is 2.90 bits per heavy atom. The highest BCUT2D eigenvalue weighted by Crippen LogP contribution is 2.33. The third-order valence-electron chi connectivity index (χ3n) is 5.56. The molecule has 0 unspecified atom stereocenters. The highest BCUT2D eigenvalue weighted by Gasteiger charge is 2.30. The van der Waals surface area contributed by atoms with Gasteiger partial charge in [0, 0.05) is 37.8 Å². The minimum absolute atomic E-state index is 0.213. The van der Waals surface area contributed by atoms with Crippen molar-refractivity contribution in [1.82, 2.24) is 20.2 Å². The number of nitrogens with zero attached hydrogens (tertiary/aromatic N) is 4. The number of hydrogen-bond donors (Lipinski definition) is 1. The van der Waals surface area contributed by atoms with Gasteiger partial charge in [-0.2, -0.15) is 4.99 Å². The lowest BCUT2D eigenvalue weighted by Gasteiger charge is -2.28. The molecule has 0 saturated carbocycles. The second-order valence-corrected chi connectivity index (χ2v) is 8.99. The molecular formula is C21H26FN5O3S. The van der Waals surface area contributed by atoms with Gasteiger partial charge in [-0.3, -0.25) is 9.80 Å². The molecule has 1 aromatic rings. The molecule has 2 saturated heterocycles. The van der Waals surface area contributed by atoms with Crippen molar-refractivity contribution in [2.75, 3.05) is 40.3 Å². The van der Waals surface area contributed by atoms with Crippen LogP contribution in [0.15, 0.2) is 28.1 Å². The minimum atomic E-state index is -0.477. The first kappa shape index (κ1) is 21.8. The highest BCUT2D eigenvalue weighted by atomic mass is 32.2. The molecule has 2 amide bonds. The SMILES string of the molecule is CN(C)[C@H]1CCN(C(=O)Oc2ccc(F)cc2/C=C2\SC(N3CCCCN3)=NC2=O)C1. The van der Waals surface area contributed by atoms with E-state index in [9.17, 15) is 14.0 Å². The fourth-order valence-corrected chi connectivity index (χ4v) is 4.63. The molecule has 3 heterocycles. The first-order valence-corrected chi connectivity index (χ1v) is 11.2. The smallest absolute Gasteiger partial charge is 0.410 e. The lowest BCUT2D eigenvalue weighted by atomic mass is 10.2. The summed E-state index contributed by atoms with van der Waals surface area (Å²) in [5.41, 5.74) is 3.55. The summed E-state index contributed by atoms with van der Waals surface area (Å²) in [6, 6.07) is 4.19. The number of amidine groups is 1. The predicted molar refractivity (Wildman–Crippen MR) is 118 cm³/mol. The van der Waals surface area contributed by atoms with Gasteiger partial charge >= 0.3 is 6.09 Å². The summed E-state index contributed by atoms with van der Waals surface area (Å²) in [6.45, 7) is 2.80. The van der Waals surface area contributed by atoms with Crippen LogP contribution in [0.1, 0.15) is 24.8 Å². The molecular weight excluding hydrogens is 421 g/mol. The van der Waals surface area contributed by atoms with E-state index < -0.39 is 11.9 Å². The van der Waals surface area contributed by atoms with Gasteiger partial charge in [0.1, 0.15) is 11.6 Å². The van der Waals surface area contributed by atoms with Crippen molar-refractivity contribution in [1.29, 1.82) is 0 Å². The first-order valence-electron chi connectivity index (χ1n) is 10.4. The van der Waals surface area contributed by atoms with Crippen LogP contribution in [-0.2, 0) is 4.79 Å². The predicted octanol–water partition coefficient (Wildman–Crippen LogP) is 2.53. The summed E-state index contributed by atoms with van der Waals surface area (Å²) in [4.78, 5) is 33.3. The Morgan fingerprint density at radius 1 is 1.35 bits per heavy atom. The Kier molecular flexibility index (Phi) is 6.59. The Labute approximate surface area is 185 Å². The van der Waals surface area contributed by atoms with Crippen molar-refractivity contribution < 1.29 is 18.7 Å². The number of likely N-dealkylation sites (tertiary alicyclic amines) is 1. The number of ether oxygens (including phenoxy) is 1. The van der Waals surface area contributed by atoms with Crippen LogP contribution in [-0.4, -0.2) is 78.3 Å². The monoisotopic (exact) mass is 447 g/mol. The quantitative estimate of drug-likeness (QED) is 0.714. The number of halogens is 1. The molecule has 0 bridgehead atoms. The fourth-order valence-electron chi connectivity index (χ4n) is 3.72. The van der Waals surface area contributed by atoms with E-state index in [0.717, 1.165) is 32.4 Å². The molecule has 0 radical (unpaired) electrons. The van der Waals surface area contributed by atoms with Crippen LogP contribution in [0.2, 0.25) is 0 Å². The van der Waals surface area contributed by atoms with Crippen molar-refractivity contribution in [2.24, 2.45) is 4.99 Å². The fraction of sp³-hybridized carbons (Fsp3) is 0.476. The molecule has 0 aromatic heterocycles. The van der Waals surface area contributed by atoms with Crippen molar-refractivity contribution in [3.8, 4) is 5.75 Å². The van der Waals surface area contributed by atoms with Crippen LogP contribution in [0.25, 0.3) is 6.08 Å². The van der Waals surface area contributed by atoms with E-state index in [1.807, 2.05) is 19.1 Å². The van der Waals surface area contributed by atoms with Crippen LogP contribution < -0.4 is 10.2 Å². The van der Waals surface area contributed by atoms with Gasteiger partial charge in [-0.1, -0.05) is 0 Å². The molecule has 10 heteroatoms. The molecule has 0 spiro atoms. The molecule has 3 aliphatic heterocycles. The van der Waals surface area contributed by atoms with E-state index in [4.69, 9.17) is 4.74 Å². The number of benzene rings is 1. The number of likely N-dealkylation sites (N-methyl/N-ethyl adjacent to an activating group) is 1. The van der Waals surface area contributed by atoms with E-state index in [-0.39, 0.29) is 17.7 Å². The number of aliphatic imine (C=N–C) groups is 1. The second kappa shape index (κ2) is 9.37. The molecule has 31 heavy (non-hydrogen) atoms. The summed E-state index contributed by atoms with van der Waals surface area (Å²) in [5, 5.41) is 2.45. The van der Waals surface area contributed by atoms with E-state index in [1.165, 1.54) is 36.0 Å². The van der Waals surface area contributed by atoms with Crippen LogP contribution in [0.3, 0.4) is 0 Å². The van der Waals surface area contributed by atoms with Gasteiger partial charge in [0.25, 0.3) is 5.91 Å². The molecule has 3 aliphatic rings. The van der Waals surface area contributed by atoms with Crippen LogP contribution in [0.5, 0.6) is 5.75 Å². The topological polar surface area (TPSA) is 77.5 Å². The zero-order valence-corrected chi connectivity index (χ0v) is 18.5. The Hall–Kier alpha value is -2.43. The number of thioether (sulfide) groups is 1. The van der Waals surface area contributed by atoms with E-state index >= 15 is 0 Å². The minimum Gasteiger partial charge on any atom is -0.410 e. The molecule has 166 valence electrons. The maximum atomic E-state index is 13.9. The standard InChI is InChI=1S/C21H26FN5O3S/c1-25(2)16-7-10-26(13-16)21(29)30-17-6-5-15(22)11-14(17)12-18-19(28)24-20(31-18)27-9-4-3-8-23-27/h5-6,11-12,16,23H,3-4,7-10,13H2,1-2H3/b18-12-/t16-/m0/s1. The Morgan fingerprint density at radius 2 is 2.19 bits per heavy atom. The zero-order valence-electron chi connectivity index (χ0n) is 17.6. The average Bonchev–Trinajstić information content (AvgIpc) is 3.38. The molecule has 2 fully saturated rings.